The third kappa shape index (κ3) is 5.63. The maximum atomic E-state index is 12.9. The van der Waals surface area contributed by atoms with E-state index in [0.717, 1.165) is 0 Å². The fourth-order valence-corrected chi connectivity index (χ4v) is 2.64. The zero-order valence-corrected chi connectivity index (χ0v) is 15.4. The summed E-state index contributed by atoms with van der Waals surface area (Å²) in [7, 11) is 0. The number of rotatable bonds is 6. The second kappa shape index (κ2) is 7.73. The SMILES string of the molecule is CC(Sc1nnc(COc2ccc(F)cc2)n1N)C(=O)NC(C)(C)C. The highest BCUT2D eigenvalue weighted by atomic mass is 32.2. The second-order valence-electron chi connectivity index (χ2n) is 6.51. The molecule has 0 bridgehead atoms. The van der Waals surface area contributed by atoms with Crippen molar-refractivity contribution in [3.8, 4) is 5.75 Å². The van der Waals surface area contributed by atoms with Crippen LogP contribution in [0.25, 0.3) is 0 Å². The Balaban J connectivity index is 1.95. The van der Waals surface area contributed by atoms with Gasteiger partial charge in [-0.15, -0.1) is 10.2 Å². The van der Waals surface area contributed by atoms with Gasteiger partial charge in [0.1, 0.15) is 18.2 Å². The summed E-state index contributed by atoms with van der Waals surface area (Å²) in [5.74, 6) is 6.42. The van der Waals surface area contributed by atoms with Gasteiger partial charge in [-0.25, -0.2) is 9.07 Å². The molecular formula is C16H22FN5O2S. The number of aromatic nitrogens is 3. The van der Waals surface area contributed by atoms with E-state index in [9.17, 15) is 9.18 Å². The lowest BCUT2D eigenvalue weighted by Gasteiger charge is -2.22. The molecule has 9 heteroatoms. The number of nitrogens with zero attached hydrogens (tertiary/aromatic N) is 3. The Morgan fingerprint density at radius 2 is 2.00 bits per heavy atom. The molecular weight excluding hydrogens is 345 g/mol. The Hall–Kier alpha value is -2.29. The van der Waals surface area contributed by atoms with E-state index < -0.39 is 0 Å². The molecule has 0 fully saturated rings. The van der Waals surface area contributed by atoms with Gasteiger partial charge in [-0.3, -0.25) is 4.79 Å². The minimum absolute atomic E-state index is 0.0816. The molecule has 7 nitrogen and oxygen atoms in total. The number of hydrogen-bond donors (Lipinski definition) is 2. The normalized spacial score (nSPS) is 12.7. The van der Waals surface area contributed by atoms with Crippen molar-refractivity contribution in [3.05, 3.63) is 35.9 Å². The number of nitrogen functional groups attached to an aromatic ring is 1. The van der Waals surface area contributed by atoms with Gasteiger partial charge in [-0.2, -0.15) is 0 Å². The first-order valence-corrected chi connectivity index (χ1v) is 8.60. The number of thioether (sulfide) groups is 1. The van der Waals surface area contributed by atoms with Crippen LogP contribution >= 0.6 is 11.8 Å². The molecule has 0 radical (unpaired) electrons. The van der Waals surface area contributed by atoms with Crippen molar-refractivity contribution in [2.24, 2.45) is 0 Å². The van der Waals surface area contributed by atoms with Crippen LogP contribution in [0.5, 0.6) is 5.75 Å². The Labute approximate surface area is 150 Å². The van der Waals surface area contributed by atoms with Crippen molar-refractivity contribution < 1.29 is 13.9 Å². The van der Waals surface area contributed by atoms with Crippen molar-refractivity contribution in [2.45, 2.75) is 50.2 Å². The lowest BCUT2D eigenvalue weighted by atomic mass is 10.1. The zero-order chi connectivity index (χ0) is 18.6. The molecule has 1 heterocycles. The van der Waals surface area contributed by atoms with E-state index in [1.165, 1.54) is 40.7 Å². The molecule has 1 unspecified atom stereocenters. The molecule has 0 aliphatic heterocycles. The molecule has 1 aromatic carbocycles. The highest BCUT2D eigenvalue weighted by Gasteiger charge is 2.22. The summed E-state index contributed by atoms with van der Waals surface area (Å²) in [4.78, 5) is 12.1. The number of nitrogens with two attached hydrogens (primary N) is 1. The maximum absolute atomic E-state index is 12.9. The summed E-state index contributed by atoms with van der Waals surface area (Å²) in [6.07, 6.45) is 0. The highest BCUT2D eigenvalue weighted by Crippen LogP contribution is 2.22. The number of halogens is 1. The van der Waals surface area contributed by atoms with E-state index in [0.29, 0.717) is 16.7 Å². The van der Waals surface area contributed by atoms with Crippen LogP contribution in [0.2, 0.25) is 0 Å². The predicted octanol–water partition coefficient (Wildman–Crippen LogP) is 2.11. The average Bonchev–Trinajstić information content (AvgIpc) is 2.85. The second-order valence-corrected chi connectivity index (χ2v) is 7.82. The number of benzene rings is 1. The number of carbonyl (C=O) groups is 1. The summed E-state index contributed by atoms with van der Waals surface area (Å²) in [5, 5.41) is 10.9. The number of hydrogen-bond acceptors (Lipinski definition) is 6. The first kappa shape index (κ1) is 19.0. The fraction of sp³-hybridized carbons (Fsp3) is 0.438. The van der Waals surface area contributed by atoms with Crippen molar-refractivity contribution in [3.63, 3.8) is 0 Å². The van der Waals surface area contributed by atoms with Gasteiger partial charge in [0.2, 0.25) is 11.1 Å². The van der Waals surface area contributed by atoms with E-state index in [2.05, 4.69) is 15.5 Å². The third-order valence-electron chi connectivity index (χ3n) is 3.07. The molecule has 1 aromatic heterocycles. The molecule has 3 N–H and O–H groups in total. The van der Waals surface area contributed by atoms with Crippen LogP contribution in [-0.4, -0.2) is 31.6 Å². The molecule has 2 rings (SSSR count). The monoisotopic (exact) mass is 367 g/mol. The Morgan fingerprint density at radius 3 is 2.60 bits per heavy atom. The van der Waals surface area contributed by atoms with E-state index in [-0.39, 0.29) is 29.1 Å². The van der Waals surface area contributed by atoms with Gasteiger partial charge < -0.3 is 15.9 Å². The molecule has 1 amide bonds. The molecule has 0 aliphatic carbocycles. The summed E-state index contributed by atoms with van der Waals surface area (Å²) >= 11 is 1.21. The van der Waals surface area contributed by atoms with Crippen molar-refractivity contribution in [2.75, 3.05) is 5.84 Å². The van der Waals surface area contributed by atoms with Crippen molar-refractivity contribution in [1.29, 1.82) is 0 Å². The lowest BCUT2D eigenvalue weighted by Crippen LogP contribution is -2.44. The van der Waals surface area contributed by atoms with Crippen LogP contribution in [0.3, 0.4) is 0 Å². The fourth-order valence-electron chi connectivity index (χ4n) is 1.85. The standard InChI is InChI=1S/C16H22FN5O2S/c1-10(14(23)19-16(2,3)4)25-15-21-20-13(22(15)18)9-24-12-7-5-11(17)6-8-12/h5-8,10H,9,18H2,1-4H3,(H,19,23). The van der Waals surface area contributed by atoms with Gasteiger partial charge in [-0.05, 0) is 52.0 Å². The number of ether oxygens (including phenoxy) is 1. The smallest absolute Gasteiger partial charge is 0.233 e. The van der Waals surface area contributed by atoms with Gasteiger partial charge in [0.05, 0.1) is 5.25 Å². The maximum Gasteiger partial charge on any atom is 0.233 e. The Kier molecular flexibility index (Phi) is 5.89. The summed E-state index contributed by atoms with van der Waals surface area (Å²) < 4.78 is 19.7. The topological polar surface area (TPSA) is 95.1 Å². The number of nitrogens with one attached hydrogen (secondary N) is 1. The van der Waals surface area contributed by atoms with Crippen molar-refractivity contribution in [1.82, 2.24) is 20.2 Å². The van der Waals surface area contributed by atoms with Gasteiger partial charge >= 0.3 is 0 Å². The van der Waals surface area contributed by atoms with Crippen LogP contribution in [0, 0.1) is 5.82 Å². The van der Waals surface area contributed by atoms with Gasteiger partial charge in [0.25, 0.3) is 0 Å². The van der Waals surface area contributed by atoms with Gasteiger partial charge in [0.15, 0.2) is 5.82 Å². The summed E-state index contributed by atoms with van der Waals surface area (Å²) in [6.45, 7) is 7.60. The first-order chi connectivity index (χ1) is 11.7. The van der Waals surface area contributed by atoms with Crippen molar-refractivity contribution >= 4 is 17.7 Å². The summed E-state index contributed by atoms with van der Waals surface area (Å²) in [5.41, 5.74) is -0.309. The van der Waals surface area contributed by atoms with E-state index in [1.807, 2.05) is 20.8 Å². The van der Waals surface area contributed by atoms with Crippen LogP contribution in [-0.2, 0) is 11.4 Å². The average molecular weight is 367 g/mol. The number of amides is 1. The largest absolute Gasteiger partial charge is 0.486 e. The van der Waals surface area contributed by atoms with Gasteiger partial charge in [0, 0.05) is 5.54 Å². The highest BCUT2D eigenvalue weighted by molar-refractivity contribution is 8.00. The van der Waals surface area contributed by atoms with E-state index >= 15 is 0 Å². The molecule has 0 spiro atoms. The molecule has 0 aliphatic rings. The minimum Gasteiger partial charge on any atom is -0.486 e. The van der Waals surface area contributed by atoms with Gasteiger partial charge in [-0.1, -0.05) is 11.8 Å². The summed E-state index contributed by atoms with van der Waals surface area (Å²) in [6, 6.07) is 5.64. The number of carbonyl (C=O) groups excluding carboxylic acids is 1. The molecule has 1 atom stereocenters. The van der Waals surface area contributed by atoms with Crippen LogP contribution in [0.15, 0.2) is 29.4 Å². The zero-order valence-electron chi connectivity index (χ0n) is 14.6. The molecule has 136 valence electrons. The van der Waals surface area contributed by atoms with E-state index in [4.69, 9.17) is 10.6 Å². The molecule has 25 heavy (non-hydrogen) atoms. The van der Waals surface area contributed by atoms with Crippen LogP contribution < -0.4 is 15.9 Å². The Morgan fingerprint density at radius 1 is 1.36 bits per heavy atom. The molecule has 0 saturated carbocycles. The van der Waals surface area contributed by atoms with Crippen LogP contribution in [0.1, 0.15) is 33.5 Å². The quantitative estimate of drug-likeness (QED) is 0.600. The minimum atomic E-state index is -0.378. The van der Waals surface area contributed by atoms with Crippen LogP contribution in [0.4, 0.5) is 4.39 Å². The molecule has 2 aromatic rings. The Bertz CT molecular complexity index is 727. The van der Waals surface area contributed by atoms with E-state index in [1.54, 1.807) is 6.92 Å². The first-order valence-electron chi connectivity index (χ1n) is 7.72. The lowest BCUT2D eigenvalue weighted by molar-refractivity contribution is -0.121. The molecule has 0 saturated heterocycles. The predicted molar refractivity (Wildman–Crippen MR) is 94.1 cm³/mol. The third-order valence-corrected chi connectivity index (χ3v) is 4.12.